The third-order valence-electron chi connectivity index (χ3n) is 4.26. The van der Waals surface area contributed by atoms with Crippen molar-refractivity contribution in [1.29, 1.82) is 0 Å². The van der Waals surface area contributed by atoms with Crippen molar-refractivity contribution in [3.8, 4) is 0 Å². The SMILES string of the molecule is CC/N=c1/oc2cc(N3C[C@H](C(=O)NC)OC3=O)cc(F)c2n1C(C)(C)C. The monoisotopic (exact) mass is 378 g/mol. The molecule has 2 amide bonds. The van der Waals surface area contributed by atoms with E-state index in [0.29, 0.717) is 12.2 Å². The number of rotatable bonds is 3. The van der Waals surface area contributed by atoms with E-state index in [4.69, 9.17) is 9.15 Å². The number of nitrogens with zero attached hydrogens (tertiary/aromatic N) is 3. The molecule has 1 aliphatic rings. The number of aromatic nitrogens is 1. The highest BCUT2D eigenvalue weighted by atomic mass is 19.1. The van der Waals surface area contributed by atoms with Crippen LogP contribution < -0.4 is 15.9 Å². The molecule has 0 aliphatic carbocycles. The number of cyclic esters (lactones) is 1. The van der Waals surface area contributed by atoms with Gasteiger partial charge in [0.25, 0.3) is 11.6 Å². The maximum atomic E-state index is 15.0. The lowest BCUT2D eigenvalue weighted by Gasteiger charge is -2.21. The van der Waals surface area contributed by atoms with Crippen LogP contribution in [-0.2, 0) is 15.1 Å². The van der Waals surface area contributed by atoms with E-state index in [1.54, 1.807) is 10.6 Å². The molecular formula is C18H23FN4O4. The first-order chi connectivity index (χ1) is 12.7. The number of likely N-dealkylation sites (N-methyl/N-ethyl adjacent to an activating group) is 1. The number of amides is 2. The van der Waals surface area contributed by atoms with Gasteiger partial charge in [0.15, 0.2) is 17.5 Å². The standard InChI is InChI=1S/C18H23FN4O4/c1-6-21-16-23(18(2,3)4)14-11(19)7-10(8-12(14)26-16)22-9-13(15(24)20-5)27-17(22)25/h7-8,13H,6,9H2,1-5H3,(H,20,24)/b21-16+/t13-/m1/s1. The molecule has 0 unspecified atom stereocenters. The molecule has 2 aromatic rings. The van der Waals surface area contributed by atoms with Crippen LogP contribution in [0.3, 0.4) is 0 Å². The van der Waals surface area contributed by atoms with E-state index in [9.17, 15) is 9.59 Å². The Balaban J connectivity index is 2.12. The predicted octanol–water partition coefficient (Wildman–Crippen LogP) is 2.12. The van der Waals surface area contributed by atoms with Crippen molar-refractivity contribution in [1.82, 2.24) is 9.88 Å². The summed E-state index contributed by atoms with van der Waals surface area (Å²) in [5.74, 6) is -0.963. The zero-order valence-corrected chi connectivity index (χ0v) is 16.0. The summed E-state index contributed by atoms with van der Waals surface area (Å²) in [4.78, 5) is 29.4. The van der Waals surface area contributed by atoms with Gasteiger partial charge < -0.3 is 14.5 Å². The molecule has 1 aliphatic heterocycles. The van der Waals surface area contributed by atoms with Crippen LogP contribution in [0, 0.1) is 5.82 Å². The number of hydrogen-bond acceptors (Lipinski definition) is 5. The summed E-state index contributed by atoms with van der Waals surface area (Å²) in [7, 11) is 1.46. The summed E-state index contributed by atoms with van der Waals surface area (Å²) in [5, 5.41) is 2.43. The van der Waals surface area contributed by atoms with E-state index in [1.165, 1.54) is 18.0 Å². The Morgan fingerprint density at radius 1 is 1.41 bits per heavy atom. The Hall–Kier alpha value is -2.84. The van der Waals surface area contributed by atoms with Gasteiger partial charge in [0.05, 0.1) is 12.2 Å². The number of halogens is 1. The number of nitrogens with one attached hydrogen (secondary N) is 1. The zero-order valence-electron chi connectivity index (χ0n) is 16.0. The number of hydrogen-bond donors (Lipinski definition) is 1. The maximum absolute atomic E-state index is 15.0. The van der Waals surface area contributed by atoms with Gasteiger partial charge in [-0.05, 0) is 27.7 Å². The fourth-order valence-corrected chi connectivity index (χ4v) is 3.08. The van der Waals surface area contributed by atoms with Crippen LogP contribution in [-0.4, -0.2) is 42.8 Å². The molecule has 0 radical (unpaired) electrons. The molecule has 1 aromatic heterocycles. The largest absolute Gasteiger partial charge is 0.434 e. The lowest BCUT2D eigenvalue weighted by molar-refractivity contribution is -0.127. The molecule has 1 atom stereocenters. The van der Waals surface area contributed by atoms with Crippen molar-refractivity contribution >= 4 is 28.8 Å². The van der Waals surface area contributed by atoms with Crippen molar-refractivity contribution in [3.63, 3.8) is 0 Å². The van der Waals surface area contributed by atoms with E-state index >= 15 is 4.39 Å². The number of carbonyl (C=O) groups is 2. The minimum Gasteiger partial charge on any atom is -0.434 e. The van der Waals surface area contributed by atoms with Gasteiger partial charge in [0.1, 0.15) is 5.52 Å². The minimum absolute atomic E-state index is 0.00434. The molecule has 1 aromatic carbocycles. The Labute approximate surface area is 155 Å². The van der Waals surface area contributed by atoms with Gasteiger partial charge in [-0.25, -0.2) is 14.2 Å². The highest BCUT2D eigenvalue weighted by Crippen LogP contribution is 2.30. The fraction of sp³-hybridized carbons (Fsp3) is 0.500. The van der Waals surface area contributed by atoms with Gasteiger partial charge in [-0.1, -0.05) is 0 Å². The number of benzene rings is 1. The number of ether oxygens (including phenoxy) is 1. The molecule has 2 heterocycles. The van der Waals surface area contributed by atoms with Crippen molar-refractivity contribution in [2.45, 2.75) is 39.3 Å². The molecule has 0 spiro atoms. The average molecular weight is 378 g/mol. The third kappa shape index (κ3) is 3.29. The zero-order chi connectivity index (χ0) is 19.9. The molecule has 9 heteroatoms. The molecule has 8 nitrogen and oxygen atoms in total. The quantitative estimate of drug-likeness (QED) is 0.886. The van der Waals surface area contributed by atoms with E-state index in [-0.39, 0.29) is 23.3 Å². The molecule has 3 rings (SSSR count). The molecular weight excluding hydrogens is 355 g/mol. The lowest BCUT2D eigenvalue weighted by Crippen LogP contribution is -2.35. The second-order valence-corrected chi connectivity index (χ2v) is 7.24. The van der Waals surface area contributed by atoms with Crippen LogP contribution in [0.2, 0.25) is 0 Å². The summed E-state index contributed by atoms with van der Waals surface area (Å²) >= 11 is 0. The minimum atomic E-state index is -0.942. The van der Waals surface area contributed by atoms with E-state index in [1.807, 2.05) is 27.7 Å². The van der Waals surface area contributed by atoms with Gasteiger partial charge in [-0.2, -0.15) is 0 Å². The molecule has 27 heavy (non-hydrogen) atoms. The first-order valence-corrected chi connectivity index (χ1v) is 8.73. The Bertz CT molecular complexity index is 970. The highest BCUT2D eigenvalue weighted by Gasteiger charge is 2.37. The molecule has 1 saturated heterocycles. The Kier molecular flexibility index (Phi) is 4.71. The topological polar surface area (TPSA) is 89.1 Å². The molecule has 1 fully saturated rings. The van der Waals surface area contributed by atoms with E-state index in [2.05, 4.69) is 10.3 Å². The Morgan fingerprint density at radius 3 is 2.70 bits per heavy atom. The summed E-state index contributed by atoms with van der Waals surface area (Å²) in [6.07, 6.45) is -1.65. The summed E-state index contributed by atoms with van der Waals surface area (Å²) in [6, 6.07) is 2.80. The van der Waals surface area contributed by atoms with Crippen LogP contribution in [0.1, 0.15) is 27.7 Å². The van der Waals surface area contributed by atoms with Crippen LogP contribution in [0.25, 0.3) is 11.1 Å². The Morgan fingerprint density at radius 2 is 2.11 bits per heavy atom. The van der Waals surface area contributed by atoms with Crippen molar-refractivity contribution in [3.05, 3.63) is 23.6 Å². The highest BCUT2D eigenvalue weighted by molar-refractivity contribution is 5.96. The first kappa shape index (κ1) is 18.9. The molecule has 1 N–H and O–H groups in total. The van der Waals surface area contributed by atoms with Gasteiger partial charge in [-0.3, -0.25) is 14.3 Å². The van der Waals surface area contributed by atoms with Gasteiger partial charge in [-0.15, -0.1) is 0 Å². The molecule has 0 saturated carbocycles. The summed E-state index contributed by atoms with van der Waals surface area (Å²) in [6.45, 7) is 8.12. The molecule has 146 valence electrons. The second kappa shape index (κ2) is 6.71. The predicted molar refractivity (Wildman–Crippen MR) is 96.9 cm³/mol. The second-order valence-electron chi connectivity index (χ2n) is 7.24. The third-order valence-corrected chi connectivity index (χ3v) is 4.26. The van der Waals surface area contributed by atoms with Crippen LogP contribution in [0.5, 0.6) is 0 Å². The molecule has 0 bridgehead atoms. The van der Waals surface area contributed by atoms with Crippen LogP contribution in [0.4, 0.5) is 14.9 Å². The van der Waals surface area contributed by atoms with Gasteiger partial charge in [0, 0.05) is 31.3 Å². The van der Waals surface area contributed by atoms with Gasteiger partial charge >= 0.3 is 6.09 Å². The van der Waals surface area contributed by atoms with Crippen molar-refractivity contribution in [2.24, 2.45) is 4.99 Å². The van der Waals surface area contributed by atoms with E-state index in [0.717, 1.165) is 0 Å². The van der Waals surface area contributed by atoms with Crippen LogP contribution >= 0.6 is 0 Å². The maximum Gasteiger partial charge on any atom is 0.415 e. The summed E-state index contributed by atoms with van der Waals surface area (Å²) < 4.78 is 27.5. The van der Waals surface area contributed by atoms with E-state index < -0.39 is 29.5 Å². The first-order valence-electron chi connectivity index (χ1n) is 8.73. The normalized spacial score (nSPS) is 18.3. The van der Waals surface area contributed by atoms with Gasteiger partial charge in [0.2, 0.25) is 0 Å². The number of fused-ring (bicyclic) bond motifs is 1. The number of anilines is 1. The van der Waals surface area contributed by atoms with Crippen LogP contribution in [0.15, 0.2) is 21.5 Å². The van der Waals surface area contributed by atoms with Crippen molar-refractivity contribution in [2.75, 3.05) is 25.0 Å². The fourth-order valence-electron chi connectivity index (χ4n) is 3.08. The number of carbonyl (C=O) groups excluding carboxylic acids is 2. The average Bonchev–Trinajstić information content (AvgIpc) is 3.15. The number of oxazole rings is 1. The lowest BCUT2D eigenvalue weighted by atomic mass is 10.1. The summed E-state index contributed by atoms with van der Waals surface area (Å²) in [5.41, 5.74) is 0.646. The van der Waals surface area contributed by atoms with Crippen molar-refractivity contribution < 1.29 is 23.1 Å². The smallest absolute Gasteiger partial charge is 0.415 e.